The summed E-state index contributed by atoms with van der Waals surface area (Å²) in [6, 6.07) is 0.266. The lowest BCUT2D eigenvalue weighted by Gasteiger charge is -2.44. The Hall–Kier alpha value is -0.120. The topological polar surface area (TPSA) is 47.3 Å². The quantitative estimate of drug-likeness (QED) is 0.556. The molecule has 0 aromatic heterocycles. The third kappa shape index (κ3) is 3.21. The normalized spacial score (nSPS) is 30.9. The third-order valence-corrected chi connectivity index (χ3v) is 4.93. The predicted molar refractivity (Wildman–Crippen MR) is 72.6 cm³/mol. The van der Waals surface area contributed by atoms with Crippen LogP contribution in [0.1, 0.15) is 59.3 Å². The number of hydrogen-bond acceptors (Lipinski definition) is 3. The molecule has 0 heterocycles. The lowest BCUT2D eigenvalue weighted by Crippen LogP contribution is -2.58. The summed E-state index contributed by atoms with van der Waals surface area (Å²) < 4.78 is 5.74. The zero-order valence-electron chi connectivity index (χ0n) is 12.0. The number of hydrazine groups is 1. The van der Waals surface area contributed by atoms with Crippen LogP contribution in [0.15, 0.2) is 0 Å². The maximum absolute atomic E-state index is 5.83. The molecule has 4 unspecified atom stereocenters. The van der Waals surface area contributed by atoms with Crippen LogP contribution in [0.5, 0.6) is 0 Å². The average Bonchev–Trinajstić information content (AvgIpc) is 2.39. The van der Waals surface area contributed by atoms with Gasteiger partial charge in [0.1, 0.15) is 0 Å². The van der Waals surface area contributed by atoms with Crippen molar-refractivity contribution in [2.75, 3.05) is 7.11 Å². The Labute approximate surface area is 106 Å². The van der Waals surface area contributed by atoms with Crippen molar-refractivity contribution in [2.24, 2.45) is 17.7 Å². The van der Waals surface area contributed by atoms with E-state index in [1.807, 2.05) is 0 Å². The highest BCUT2D eigenvalue weighted by Crippen LogP contribution is 2.38. The first-order valence-electron chi connectivity index (χ1n) is 7.14. The Morgan fingerprint density at radius 3 is 2.47 bits per heavy atom. The van der Waals surface area contributed by atoms with Gasteiger partial charge in [-0.1, -0.05) is 39.5 Å². The van der Waals surface area contributed by atoms with E-state index in [9.17, 15) is 0 Å². The maximum atomic E-state index is 5.83. The van der Waals surface area contributed by atoms with Gasteiger partial charge in [0.2, 0.25) is 0 Å². The smallest absolute Gasteiger partial charge is 0.0816 e. The van der Waals surface area contributed by atoms with E-state index >= 15 is 0 Å². The Balaban J connectivity index is 2.83. The summed E-state index contributed by atoms with van der Waals surface area (Å²) in [4.78, 5) is 0. The van der Waals surface area contributed by atoms with Crippen LogP contribution in [-0.2, 0) is 4.74 Å². The van der Waals surface area contributed by atoms with Crippen LogP contribution in [0.3, 0.4) is 0 Å². The van der Waals surface area contributed by atoms with E-state index in [2.05, 4.69) is 26.2 Å². The standard InChI is InChI=1S/C14H30N2O/c1-5-11-9-7-8-10-12(11)13(16-15)14(3,6-2)17-4/h11-13,16H,5-10,15H2,1-4H3. The summed E-state index contributed by atoms with van der Waals surface area (Å²) in [6.07, 6.45) is 7.60. The molecule has 1 aliphatic rings. The monoisotopic (exact) mass is 242 g/mol. The molecular weight excluding hydrogens is 212 g/mol. The Morgan fingerprint density at radius 1 is 1.35 bits per heavy atom. The van der Waals surface area contributed by atoms with Gasteiger partial charge in [0.25, 0.3) is 0 Å². The number of ether oxygens (including phenoxy) is 1. The van der Waals surface area contributed by atoms with Gasteiger partial charge in [-0.25, -0.2) is 0 Å². The van der Waals surface area contributed by atoms with Crippen LogP contribution in [0.4, 0.5) is 0 Å². The summed E-state index contributed by atoms with van der Waals surface area (Å²) in [5.41, 5.74) is 2.90. The van der Waals surface area contributed by atoms with E-state index in [4.69, 9.17) is 10.6 Å². The van der Waals surface area contributed by atoms with Gasteiger partial charge >= 0.3 is 0 Å². The summed E-state index contributed by atoms with van der Waals surface area (Å²) >= 11 is 0. The maximum Gasteiger partial charge on any atom is 0.0816 e. The van der Waals surface area contributed by atoms with Gasteiger partial charge in [-0.05, 0) is 31.6 Å². The molecule has 3 heteroatoms. The van der Waals surface area contributed by atoms with Gasteiger partial charge in [0, 0.05) is 7.11 Å². The molecular formula is C14H30N2O. The average molecular weight is 242 g/mol. The van der Waals surface area contributed by atoms with Crippen molar-refractivity contribution in [3.8, 4) is 0 Å². The molecule has 3 nitrogen and oxygen atoms in total. The van der Waals surface area contributed by atoms with Crippen LogP contribution >= 0.6 is 0 Å². The fourth-order valence-electron chi connectivity index (χ4n) is 3.43. The first-order chi connectivity index (χ1) is 8.12. The number of hydrogen-bond donors (Lipinski definition) is 2. The molecule has 1 aliphatic carbocycles. The zero-order valence-corrected chi connectivity index (χ0v) is 12.0. The molecule has 0 radical (unpaired) electrons. The van der Waals surface area contributed by atoms with Crippen molar-refractivity contribution in [3.63, 3.8) is 0 Å². The Morgan fingerprint density at radius 2 is 2.00 bits per heavy atom. The van der Waals surface area contributed by atoms with Gasteiger partial charge in [0.05, 0.1) is 11.6 Å². The van der Waals surface area contributed by atoms with Crippen LogP contribution in [0, 0.1) is 11.8 Å². The lowest BCUT2D eigenvalue weighted by molar-refractivity contribution is -0.0595. The van der Waals surface area contributed by atoms with Crippen molar-refractivity contribution in [1.29, 1.82) is 0 Å². The highest BCUT2D eigenvalue weighted by molar-refractivity contribution is 4.95. The molecule has 1 fully saturated rings. The van der Waals surface area contributed by atoms with Gasteiger partial charge in [-0.2, -0.15) is 0 Å². The van der Waals surface area contributed by atoms with Gasteiger partial charge in [-0.3, -0.25) is 11.3 Å². The molecule has 1 saturated carbocycles. The van der Waals surface area contributed by atoms with Crippen molar-refractivity contribution in [1.82, 2.24) is 5.43 Å². The third-order valence-electron chi connectivity index (χ3n) is 4.93. The molecule has 0 saturated heterocycles. The van der Waals surface area contributed by atoms with Crippen LogP contribution in [0.25, 0.3) is 0 Å². The van der Waals surface area contributed by atoms with Crippen LogP contribution in [0.2, 0.25) is 0 Å². The fourth-order valence-corrected chi connectivity index (χ4v) is 3.43. The van der Waals surface area contributed by atoms with Gasteiger partial charge < -0.3 is 4.74 Å². The number of nitrogens with two attached hydrogens (primary N) is 1. The second-order valence-corrected chi connectivity index (χ2v) is 5.63. The molecule has 0 aromatic carbocycles. The summed E-state index contributed by atoms with van der Waals surface area (Å²) in [5, 5.41) is 0. The minimum absolute atomic E-state index is 0.149. The van der Waals surface area contributed by atoms with Crippen molar-refractivity contribution < 1.29 is 4.74 Å². The Kier molecular flexibility index (Phi) is 5.90. The minimum atomic E-state index is -0.149. The number of nitrogens with one attached hydrogen (secondary N) is 1. The SMILES string of the molecule is CCC1CCCCC1C(NN)C(C)(CC)OC. The lowest BCUT2D eigenvalue weighted by atomic mass is 9.69. The second kappa shape index (κ2) is 6.72. The predicted octanol–water partition coefficient (Wildman–Crippen LogP) is 2.85. The molecule has 0 aliphatic heterocycles. The minimum Gasteiger partial charge on any atom is -0.377 e. The van der Waals surface area contributed by atoms with Crippen molar-refractivity contribution >= 4 is 0 Å². The molecule has 0 amide bonds. The molecule has 3 N–H and O–H groups in total. The molecule has 17 heavy (non-hydrogen) atoms. The molecule has 0 spiro atoms. The molecule has 4 atom stereocenters. The first-order valence-corrected chi connectivity index (χ1v) is 7.14. The zero-order chi connectivity index (χ0) is 12.9. The van der Waals surface area contributed by atoms with Crippen LogP contribution < -0.4 is 11.3 Å². The largest absolute Gasteiger partial charge is 0.377 e. The highest BCUT2D eigenvalue weighted by Gasteiger charge is 2.41. The van der Waals surface area contributed by atoms with Crippen LogP contribution in [-0.4, -0.2) is 18.8 Å². The Bertz CT molecular complexity index is 216. The van der Waals surface area contributed by atoms with E-state index < -0.39 is 0 Å². The first kappa shape index (κ1) is 14.9. The van der Waals surface area contributed by atoms with Gasteiger partial charge in [-0.15, -0.1) is 0 Å². The van der Waals surface area contributed by atoms with E-state index in [-0.39, 0.29) is 11.6 Å². The molecule has 0 bridgehead atoms. The van der Waals surface area contributed by atoms with Crippen molar-refractivity contribution in [3.05, 3.63) is 0 Å². The van der Waals surface area contributed by atoms with E-state index in [1.54, 1.807) is 7.11 Å². The summed E-state index contributed by atoms with van der Waals surface area (Å²) in [7, 11) is 1.80. The van der Waals surface area contributed by atoms with Crippen molar-refractivity contribution in [2.45, 2.75) is 70.9 Å². The van der Waals surface area contributed by atoms with E-state index in [1.165, 1.54) is 32.1 Å². The second-order valence-electron chi connectivity index (χ2n) is 5.63. The van der Waals surface area contributed by atoms with E-state index in [0.717, 1.165) is 12.3 Å². The van der Waals surface area contributed by atoms with E-state index in [0.29, 0.717) is 5.92 Å². The number of rotatable bonds is 6. The summed E-state index contributed by atoms with van der Waals surface area (Å²) in [5.74, 6) is 7.28. The summed E-state index contributed by atoms with van der Waals surface area (Å²) in [6.45, 7) is 6.66. The number of methoxy groups -OCH3 is 1. The molecule has 0 aromatic rings. The highest BCUT2D eigenvalue weighted by atomic mass is 16.5. The van der Waals surface area contributed by atoms with Gasteiger partial charge in [0.15, 0.2) is 0 Å². The fraction of sp³-hybridized carbons (Fsp3) is 1.00. The molecule has 102 valence electrons. The molecule has 1 rings (SSSR count).